The second kappa shape index (κ2) is 8.03. The van der Waals surface area contributed by atoms with Crippen LogP contribution in [0.25, 0.3) is 0 Å². The number of ether oxygens (including phenoxy) is 1. The van der Waals surface area contributed by atoms with E-state index in [4.69, 9.17) is 10.00 Å². The van der Waals surface area contributed by atoms with E-state index in [0.29, 0.717) is 37.5 Å². The van der Waals surface area contributed by atoms with Crippen LogP contribution in [0.2, 0.25) is 0 Å². The highest BCUT2D eigenvalue weighted by molar-refractivity contribution is 5.76. The molecule has 0 aliphatic heterocycles. The number of hydrogen-bond donors (Lipinski definition) is 2. The average molecular weight is 248 g/mol. The number of nitriles is 1. The summed E-state index contributed by atoms with van der Waals surface area (Å²) in [6, 6.07) is 5.48. The van der Waals surface area contributed by atoms with Crippen LogP contribution in [0.3, 0.4) is 0 Å². The molecule has 0 fully saturated rings. The third-order valence-electron chi connectivity index (χ3n) is 2.21. The number of nitrogens with one attached hydrogen (secondary N) is 2. The van der Waals surface area contributed by atoms with Crippen LogP contribution < -0.4 is 10.6 Å². The molecule has 0 radical (unpaired) electrons. The first-order valence-electron chi connectivity index (χ1n) is 5.62. The summed E-state index contributed by atoms with van der Waals surface area (Å²) in [6.45, 7) is 1.46. The van der Waals surface area contributed by atoms with Gasteiger partial charge in [0.25, 0.3) is 0 Å². The van der Waals surface area contributed by atoms with E-state index in [9.17, 15) is 4.79 Å². The van der Waals surface area contributed by atoms with Gasteiger partial charge in [0.05, 0.1) is 12.3 Å². The highest BCUT2D eigenvalue weighted by Gasteiger charge is 2.03. The summed E-state index contributed by atoms with van der Waals surface area (Å²) in [5.74, 6) is -0.0538. The number of carbonyl (C=O) groups excluding carboxylic acids is 1. The number of amides is 1. The third kappa shape index (κ3) is 4.80. The molecule has 1 heterocycles. The second-order valence-corrected chi connectivity index (χ2v) is 3.53. The molecule has 0 aliphatic rings. The summed E-state index contributed by atoms with van der Waals surface area (Å²) >= 11 is 0. The molecule has 1 aromatic rings. The molecule has 96 valence electrons. The maximum absolute atomic E-state index is 11.4. The van der Waals surface area contributed by atoms with Crippen LogP contribution in [0.5, 0.6) is 0 Å². The molecule has 0 bridgehead atoms. The van der Waals surface area contributed by atoms with Gasteiger partial charge in [0, 0.05) is 32.8 Å². The number of carbonyl (C=O) groups is 1. The fourth-order valence-electron chi connectivity index (χ4n) is 1.33. The highest BCUT2D eigenvalue weighted by Crippen LogP contribution is 2.09. The Morgan fingerprint density at radius 2 is 2.39 bits per heavy atom. The maximum Gasteiger partial charge on any atom is 0.221 e. The minimum Gasteiger partial charge on any atom is -0.383 e. The fourth-order valence-corrected chi connectivity index (χ4v) is 1.33. The zero-order chi connectivity index (χ0) is 13.2. The largest absolute Gasteiger partial charge is 0.383 e. The number of pyridine rings is 1. The van der Waals surface area contributed by atoms with Gasteiger partial charge in [-0.15, -0.1) is 0 Å². The Kier molecular flexibility index (Phi) is 6.22. The van der Waals surface area contributed by atoms with E-state index < -0.39 is 0 Å². The monoisotopic (exact) mass is 248 g/mol. The van der Waals surface area contributed by atoms with E-state index in [1.54, 1.807) is 25.4 Å². The van der Waals surface area contributed by atoms with Crippen molar-refractivity contribution in [3.05, 3.63) is 24.0 Å². The quantitative estimate of drug-likeness (QED) is 0.687. The molecule has 1 amide bonds. The molecular formula is C12H16N4O2. The Morgan fingerprint density at radius 1 is 1.56 bits per heavy atom. The molecule has 6 heteroatoms. The Morgan fingerprint density at radius 3 is 3.11 bits per heavy atom. The van der Waals surface area contributed by atoms with Gasteiger partial charge in [-0.2, -0.15) is 5.26 Å². The number of methoxy groups -OCH3 is 1. The zero-order valence-electron chi connectivity index (χ0n) is 10.3. The van der Waals surface area contributed by atoms with Gasteiger partial charge in [-0.05, 0) is 12.1 Å². The normalized spacial score (nSPS) is 9.56. The minimum atomic E-state index is -0.0538. The van der Waals surface area contributed by atoms with Gasteiger partial charge in [0.1, 0.15) is 6.07 Å². The van der Waals surface area contributed by atoms with Crippen molar-refractivity contribution in [3.63, 3.8) is 0 Å². The van der Waals surface area contributed by atoms with Crippen molar-refractivity contribution in [2.75, 3.05) is 32.1 Å². The van der Waals surface area contributed by atoms with Crippen molar-refractivity contribution in [1.82, 2.24) is 10.3 Å². The number of anilines is 1. The second-order valence-electron chi connectivity index (χ2n) is 3.53. The van der Waals surface area contributed by atoms with Crippen LogP contribution in [-0.4, -0.2) is 37.7 Å². The van der Waals surface area contributed by atoms with E-state index in [1.807, 2.05) is 6.07 Å². The lowest BCUT2D eigenvalue weighted by molar-refractivity contribution is -0.121. The molecular weight excluding hydrogens is 232 g/mol. The van der Waals surface area contributed by atoms with Crippen molar-refractivity contribution in [1.29, 1.82) is 5.26 Å². The zero-order valence-corrected chi connectivity index (χ0v) is 10.3. The van der Waals surface area contributed by atoms with E-state index in [2.05, 4.69) is 15.6 Å². The maximum atomic E-state index is 11.4. The summed E-state index contributed by atoms with van der Waals surface area (Å²) in [6.07, 6.45) is 1.89. The van der Waals surface area contributed by atoms with Gasteiger partial charge in [-0.25, -0.2) is 4.98 Å². The fraction of sp³-hybridized carbons (Fsp3) is 0.417. The molecule has 0 spiro atoms. The van der Waals surface area contributed by atoms with Gasteiger partial charge >= 0.3 is 0 Å². The summed E-state index contributed by atoms with van der Waals surface area (Å²) < 4.78 is 4.82. The molecule has 0 aromatic carbocycles. The Hall–Kier alpha value is -2.13. The van der Waals surface area contributed by atoms with Gasteiger partial charge in [0.15, 0.2) is 5.69 Å². The number of hydrogen-bond acceptors (Lipinski definition) is 5. The molecule has 6 nitrogen and oxygen atoms in total. The molecule has 0 saturated carbocycles. The molecule has 0 unspecified atom stereocenters. The van der Waals surface area contributed by atoms with Crippen LogP contribution in [0.15, 0.2) is 18.3 Å². The van der Waals surface area contributed by atoms with Crippen molar-refractivity contribution in [2.24, 2.45) is 0 Å². The number of aromatic nitrogens is 1. The predicted octanol–water partition coefficient (Wildman–Crippen LogP) is 0.518. The molecule has 0 atom stereocenters. The van der Waals surface area contributed by atoms with E-state index in [1.165, 1.54) is 0 Å². The lowest BCUT2D eigenvalue weighted by atomic mass is 10.3. The van der Waals surface area contributed by atoms with Crippen molar-refractivity contribution < 1.29 is 9.53 Å². The highest BCUT2D eigenvalue weighted by atomic mass is 16.5. The minimum absolute atomic E-state index is 0.0538. The Bertz CT molecular complexity index is 428. The summed E-state index contributed by atoms with van der Waals surface area (Å²) in [5, 5.41) is 14.5. The third-order valence-corrected chi connectivity index (χ3v) is 2.21. The van der Waals surface area contributed by atoms with E-state index >= 15 is 0 Å². The van der Waals surface area contributed by atoms with Gasteiger partial charge in [-0.1, -0.05) is 0 Å². The molecule has 2 N–H and O–H groups in total. The van der Waals surface area contributed by atoms with Gasteiger partial charge in [0.2, 0.25) is 5.91 Å². The number of nitrogens with zero attached hydrogens (tertiary/aromatic N) is 2. The van der Waals surface area contributed by atoms with Crippen molar-refractivity contribution in [3.8, 4) is 6.07 Å². The Balaban J connectivity index is 2.29. The van der Waals surface area contributed by atoms with E-state index in [-0.39, 0.29) is 5.91 Å². The topological polar surface area (TPSA) is 87.0 Å². The standard InChI is InChI=1S/C12H16N4O2/c1-18-8-7-16-12(17)4-6-15-10-3-2-5-14-11(10)9-13/h2-3,5,15H,4,6-8H2,1H3,(H,16,17). The van der Waals surface area contributed by atoms with Crippen molar-refractivity contribution >= 4 is 11.6 Å². The smallest absolute Gasteiger partial charge is 0.221 e. The van der Waals surface area contributed by atoms with Gasteiger partial charge < -0.3 is 15.4 Å². The average Bonchev–Trinajstić information content (AvgIpc) is 2.39. The van der Waals surface area contributed by atoms with Crippen LogP contribution >= 0.6 is 0 Å². The molecule has 0 saturated heterocycles. The molecule has 1 aromatic heterocycles. The van der Waals surface area contributed by atoms with Crippen LogP contribution in [0, 0.1) is 11.3 Å². The summed E-state index contributed by atoms with van der Waals surface area (Å²) in [4.78, 5) is 15.3. The first-order chi connectivity index (χ1) is 8.77. The Labute approximate surface area is 106 Å². The molecule has 1 rings (SSSR count). The first-order valence-corrected chi connectivity index (χ1v) is 5.62. The summed E-state index contributed by atoms with van der Waals surface area (Å²) in [7, 11) is 1.58. The number of rotatable bonds is 7. The lowest BCUT2D eigenvalue weighted by Crippen LogP contribution is -2.28. The molecule has 18 heavy (non-hydrogen) atoms. The van der Waals surface area contributed by atoms with Crippen LogP contribution in [-0.2, 0) is 9.53 Å². The van der Waals surface area contributed by atoms with Gasteiger partial charge in [-0.3, -0.25) is 4.79 Å². The van der Waals surface area contributed by atoms with Crippen LogP contribution in [0.1, 0.15) is 12.1 Å². The lowest BCUT2D eigenvalue weighted by Gasteiger charge is -2.07. The van der Waals surface area contributed by atoms with Crippen LogP contribution in [0.4, 0.5) is 5.69 Å². The summed E-state index contributed by atoms with van der Waals surface area (Å²) in [5.41, 5.74) is 0.974. The first kappa shape index (κ1) is 13.9. The van der Waals surface area contributed by atoms with Crippen molar-refractivity contribution in [2.45, 2.75) is 6.42 Å². The predicted molar refractivity (Wildman–Crippen MR) is 66.9 cm³/mol. The van der Waals surface area contributed by atoms with E-state index in [0.717, 1.165) is 0 Å². The SMILES string of the molecule is COCCNC(=O)CCNc1cccnc1C#N. The molecule has 0 aliphatic carbocycles.